The Morgan fingerprint density at radius 1 is 0.935 bits per heavy atom. The van der Waals surface area contributed by atoms with Gasteiger partial charge in [0.25, 0.3) is 0 Å². The second-order valence-electron chi connectivity index (χ2n) is 6.71. The molecule has 6 nitrogen and oxygen atoms in total. The summed E-state index contributed by atoms with van der Waals surface area (Å²) in [7, 11) is 5.73. The van der Waals surface area contributed by atoms with Gasteiger partial charge < -0.3 is 15.6 Å². The summed E-state index contributed by atoms with van der Waals surface area (Å²) in [6, 6.07) is 22.2. The van der Waals surface area contributed by atoms with E-state index in [-0.39, 0.29) is 12.4 Å². The molecule has 3 aromatic carbocycles. The van der Waals surface area contributed by atoms with Crippen LogP contribution in [0.15, 0.2) is 78.9 Å². The van der Waals surface area contributed by atoms with Gasteiger partial charge in [-0.2, -0.15) is 0 Å². The van der Waals surface area contributed by atoms with Crippen molar-refractivity contribution >= 4 is 23.3 Å². The molecule has 0 amide bonds. The van der Waals surface area contributed by atoms with Gasteiger partial charge in [-0.1, -0.05) is 42.5 Å². The van der Waals surface area contributed by atoms with Gasteiger partial charge in [0.15, 0.2) is 0 Å². The fourth-order valence-corrected chi connectivity index (χ4v) is 5.71. The number of carbonyl (C=O) groups excluding carboxylic acids is 1. The van der Waals surface area contributed by atoms with E-state index < -0.39 is 41.3 Å². The number of hydrogen-bond acceptors (Lipinski definition) is 5. The molecule has 0 aromatic heterocycles. The zero-order valence-corrected chi connectivity index (χ0v) is 23.0. The molecule has 0 radical (unpaired) electrons. The zero-order valence-electron chi connectivity index (χ0n) is 16.8. The topological polar surface area (TPSA) is 110 Å². The fraction of sp³-hybridized carbons (Fsp3) is 0.130. The maximum atomic E-state index is 11.8. The van der Waals surface area contributed by atoms with Crippen molar-refractivity contribution in [2.24, 2.45) is 5.73 Å². The number of esters is 1. The minimum atomic E-state index is -1.32. The van der Waals surface area contributed by atoms with Gasteiger partial charge in [-0.25, -0.2) is 0 Å². The Bertz CT molecular complexity index is 966. The van der Waals surface area contributed by atoms with Crippen molar-refractivity contribution in [3.05, 3.63) is 95.6 Å². The Balaban J connectivity index is 0.000000262. The van der Waals surface area contributed by atoms with E-state index >= 15 is 0 Å². The molecule has 3 rings (SSSR count). The van der Waals surface area contributed by atoms with Crippen LogP contribution in [0.1, 0.15) is 21.5 Å². The number of ether oxygens (including phenoxy) is 1. The molecule has 3 aromatic rings. The minimum absolute atomic E-state index is 0.189. The van der Waals surface area contributed by atoms with Crippen molar-refractivity contribution in [3.8, 4) is 5.75 Å². The van der Waals surface area contributed by atoms with E-state index in [0.717, 1.165) is 14.2 Å². The molecule has 0 aliphatic heterocycles. The Morgan fingerprint density at radius 3 is 2.10 bits per heavy atom. The molecule has 0 saturated carbocycles. The fourth-order valence-electron chi connectivity index (χ4n) is 2.54. The molecular weight excluding hydrogens is 606 g/mol. The Morgan fingerprint density at radius 2 is 1.55 bits per heavy atom. The molecule has 0 unspecified atom stereocenters. The Kier molecular flexibility index (Phi) is 10.5. The number of carbonyl (C=O) groups is 2. The molecule has 31 heavy (non-hydrogen) atoms. The quantitative estimate of drug-likeness (QED) is 0.274. The van der Waals surface area contributed by atoms with Crippen LogP contribution < -0.4 is 8.81 Å². The average molecular weight is 628 g/mol. The van der Waals surface area contributed by atoms with Crippen LogP contribution in [0.3, 0.4) is 0 Å². The van der Waals surface area contributed by atoms with Crippen LogP contribution in [-0.4, -0.2) is 28.2 Å². The van der Waals surface area contributed by atoms with Crippen molar-refractivity contribution < 1.29 is 47.9 Å². The van der Waals surface area contributed by atoms with Gasteiger partial charge in [0.05, 0.1) is 0 Å². The van der Waals surface area contributed by atoms with Gasteiger partial charge in [0.2, 0.25) is 0 Å². The number of halogens is 1. The van der Waals surface area contributed by atoms with Crippen LogP contribution in [0.5, 0.6) is 5.75 Å². The van der Waals surface area contributed by atoms with Crippen LogP contribution in [0.4, 0.5) is 0 Å². The summed E-state index contributed by atoms with van der Waals surface area (Å²) in [5.74, 6) is -1.13. The van der Waals surface area contributed by atoms with Gasteiger partial charge in [-0.05, 0) is 29.7 Å². The molecule has 0 aliphatic carbocycles. The SMILES string of the molecule is N[C@@H](Cc1ccc(O)cc1)C(=O)OCc1ccccc1.O=C(O)c1cc[c]([Hg][Cl])cc1. The molecule has 0 bridgehead atoms. The van der Waals surface area contributed by atoms with Crippen molar-refractivity contribution in [2.75, 3.05) is 0 Å². The van der Waals surface area contributed by atoms with E-state index in [0.29, 0.717) is 12.0 Å². The van der Waals surface area contributed by atoms with E-state index in [1.807, 2.05) is 30.3 Å². The van der Waals surface area contributed by atoms with Gasteiger partial charge in [-0.3, -0.25) is 4.79 Å². The zero-order chi connectivity index (χ0) is 22.6. The maximum absolute atomic E-state index is 11.8. The van der Waals surface area contributed by atoms with Crippen molar-refractivity contribution in [1.29, 1.82) is 0 Å². The predicted octanol–water partition coefficient (Wildman–Crippen LogP) is 3.25. The van der Waals surface area contributed by atoms with Crippen molar-refractivity contribution in [2.45, 2.75) is 19.1 Å². The molecule has 0 saturated heterocycles. The summed E-state index contributed by atoms with van der Waals surface area (Å²) in [4.78, 5) is 22.2. The van der Waals surface area contributed by atoms with Crippen LogP contribution in [0, 0.1) is 0 Å². The summed E-state index contributed by atoms with van der Waals surface area (Å²) in [6.07, 6.45) is 0.383. The van der Waals surface area contributed by atoms with Crippen LogP contribution in [0.2, 0.25) is 0 Å². The first-order valence-electron chi connectivity index (χ1n) is 9.51. The third-order valence-corrected chi connectivity index (χ3v) is 10.0. The standard InChI is InChI=1S/C16H17NO3.C7H5O2.ClH.Hg/c17-15(10-12-6-8-14(18)9-7-12)16(19)20-11-13-4-2-1-3-5-13;8-7(9)6-4-2-1-3-5-6;;/h1-9,15,18H,10-11,17H2;2-5H,(H,8,9);1H;/q;;;+1/p-1/t15-;;;/m0.../s1. The summed E-state index contributed by atoms with van der Waals surface area (Å²) >= 11 is -1.32. The number of aromatic carboxylic acids is 1. The Labute approximate surface area is 196 Å². The molecule has 0 spiro atoms. The third-order valence-electron chi connectivity index (χ3n) is 4.27. The molecular formula is C23H22ClHgNO5. The van der Waals surface area contributed by atoms with E-state index in [2.05, 4.69) is 0 Å². The number of aromatic hydroxyl groups is 1. The molecule has 0 aliphatic rings. The number of hydrogen-bond donors (Lipinski definition) is 3. The molecule has 1 atom stereocenters. The number of phenols is 1. The number of benzene rings is 3. The summed E-state index contributed by atoms with van der Waals surface area (Å²) in [5, 5.41) is 17.7. The first-order valence-corrected chi connectivity index (χ1v) is 19.0. The molecule has 8 heteroatoms. The number of phenolic OH excluding ortho intramolecular Hbond substituents is 1. The Hall–Kier alpha value is -2.41. The average Bonchev–Trinajstić information content (AvgIpc) is 2.80. The van der Waals surface area contributed by atoms with Gasteiger partial charge >= 0.3 is 86.3 Å². The second kappa shape index (κ2) is 13.1. The van der Waals surface area contributed by atoms with Gasteiger partial charge in [0, 0.05) is 0 Å². The number of nitrogens with two attached hydrogens (primary N) is 1. The van der Waals surface area contributed by atoms with Crippen molar-refractivity contribution in [3.63, 3.8) is 0 Å². The van der Waals surface area contributed by atoms with Gasteiger partial charge in [0.1, 0.15) is 18.4 Å². The van der Waals surface area contributed by atoms with E-state index in [1.165, 1.54) is 0 Å². The molecule has 0 heterocycles. The van der Waals surface area contributed by atoms with Crippen molar-refractivity contribution in [1.82, 2.24) is 0 Å². The predicted molar refractivity (Wildman–Crippen MR) is 115 cm³/mol. The first-order chi connectivity index (χ1) is 14.9. The van der Waals surface area contributed by atoms with Gasteiger partial charge in [-0.15, -0.1) is 0 Å². The van der Waals surface area contributed by atoms with E-state index in [1.54, 1.807) is 48.5 Å². The number of carboxylic acid groups (broad SMARTS) is 1. The van der Waals surface area contributed by atoms with Crippen LogP contribution >= 0.6 is 8.25 Å². The van der Waals surface area contributed by atoms with E-state index in [9.17, 15) is 14.7 Å². The van der Waals surface area contributed by atoms with Crippen LogP contribution in [0.25, 0.3) is 0 Å². The normalized spacial score (nSPS) is 10.8. The molecule has 4 N–H and O–H groups in total. The summed E-state index contributed by atoms with van der Waals surface area (Å²) in [6.45, 7) is 0.225. The monoisotopic (exact) mass is 629 g/mol. The molecule has 158 valence electrons. The van der Waals surface area contributed by atoms with E-state index in [4.69, 9.17) is 23.8 Å². The summed E-state index contributed by atoms with van der Waals surface area (Å²) < 4.78 is 6.32. The number of carboxylic acids is 1. The first kappa shape index (κ1) is 24.9. The second-order valence-corrected chi connectivity index (χ2v) is 13.3. The van der Waals surface area contributed by atoms with Crippen LogP contribution in [-0.2, 0) is 45.9 Å². The third kappa shape index (κ3) is 9.08. The number of rotatable bonds is 7. The molecule has 0 fully saturated rings. The summed E-state index contributed by atoms with van der Waals surface area (Å²) in [5.41, 5.74) is 7.95.